The van der Waals surface area contributed by atoms with E-state index < -0.39 is 0 Å². The molecule has 0 radical (unpaired) electrons. The predicted octanol–water partition coefficient (Wildman–Crippen LogP) is 3.12. The molecule has 4 nitrogen and oxygen atoms in total. The minimum absolute atomic E-state index is 0.196. The molecule has 4 heteroatoms. The highest BCUT2D eigenvalue weighted by molar-refractivity contribution is 5.72. The maximum Gasteiger partial charge on any atom is 0.311 e. The molecule has 18 heavy (non-hydrogen) atoms. The van der Waals surface area contributed by atoms with Crippen LogP contribution in [0.4, 0.5) is 0 Å². The number of carbonyl (C=O) groups excluding carboxylic acids is 1. The van der Waals surface area contributed by atoms with Crippen molar-refractivity contribution in [3.05, 3.63) is 34.5 Å². The number of hydrogen-bond acceptors (Lipinski definition) is 4. The van der Waals surface area contributed by atoms with Crippen LogP contribution in [0.5, 0.6) is 0 Å². The van der Waals surface area contributed by atoms with E-state index in [1.165, 1.54) is 0 Å². The van der Waals surface area contributed by atoms with Crippen LogP contribution in [-0.4, -0.2) is 17.7 Å². The molecule has 0 unspecified atom stereocenters. The summed E-state index contributed by atoms with van der Waals surface area (Å²) >= 11 is 0. The topological polar surface area (TPSA) is 55.8 Å². The van der Waals surface area contributed by atoms with Crippen molar-refractivity contribution in [3.63, 3.8) is 0 Å². The highest BCUT2D eigenvalue weighted by Gasteiger charge is 2.27. The maximum absolute atomic E-state index is 11.2. The third kappa shape index (κ3) is 2.94. The van der Waals surface area contributed by atoms with E-state index in [0.717, 1.165) is 11.1 Å². The van der Waals surface area contributed by atoms with Gasteiger partial charge in [0.05, 0.1) is 6.42 Å². The van der Waals surface area contributed by atoms with Crippen LogP contribution in [0.2, 0.25) is 0 Å². The zero-order valence-corrected chi connectivity index (χ0v) is 10.8. The number of hydrogen-bond donors (Lipinski definition) is 1. The molecule has 0 saturated carbocycles. The van der Waals surface area contributed by atoms with Gasteiger partial charge in [0.15, 0.2) is 0 Å². The molecule has 2 rings (SSSR count). The number of esters is 1. The minimum Gasteiger partial charge on any atom is -0.508 e. The zero-order chi connectivity index (χ0) is 13.1. The van der Waals surface area contributed by atoms with Crippen LogP contribution in [0, 0.1) is 0 Å². The van der Waals surface area contributed by atoms with Gasteiger partial charge in [-0.05, 0) is 31.9 Å². The van der Waals surface area contributed by atoms with Gasteiger partial charge in [-0.15, -0.1) is 0 Å². The second kappa shape index (κ2) is 5.29. The Bertz CT molecular complexity index is 450. The fourth-order valence-electron chi connectivity index (χ4n) is 1.99. The van der Waals surface area contributed by atoms with E-state index >= 15 is 0 Å². The van der Waals surface area contributed by atoms with Crippen molar-refractivity contribution >= 4 is 5.97 Å². The van der Waals surface area contributed by atoms with Gasteiger partial charge in [0.1, 0.15) is 23.9 Å². The summed E-state index contributed by atoms with van der Waals surface area (Å²) in [4.78, 5) is 11.2. The average Bonchev–Trinajstić information content (AvgIpc) is 2.30. The number of aliphatic hydroxyl groups is 1. The van der Waals surface area contributed by atoms with Gasteiger partial charge >= 0.3 is 5.97 Å². The molecule has 0 amide bonds. The van der Waals surface area contributed by atoms with E-state index in [-0.39, 0.29) is 11.7 Å². The third-order valence-corrected chi connectivity index (χ3v) is 3.04. The second-order valence-electron chi connectivity index (χ2n) is 4.82. The molecule has 0 fully saturated rings. The van der Waals surface area contributed by atoms with Gasteiger partial charge in [-0.3, -0.25) is 4.79 Å². The summed E-state index contributed by atoms with van der Waals surface area (Å²) < 4.78 is 10.7. The first-order chi connectivity index (χ1) is 8.56. The van der Waals surface area contributed by atoms with E-state index in [9.17, 15) is 9.90 Å². The molecule has 1 N–H and O–H groups in total. The molecule has 0 atom stereocenters. The minimum atomic E-state index is -0.196. The van der Waals surface area contributed by atoms with Crippen LogP contribution >= 0.6 is 0 Å². The first kappa shape index (κ1) is 12.7. The molecule has 0 aromatic carbocycles. The summed E-state index contributed by atoms with van der Waals surface area (Å²) in [5.74, 6) is 1.24. The first-order valence-electron chi connectivity index (χ1n) is 6.15. The Morgan fingerprint density at radius 2 is 2.17 bits per heavy atom. The molecule has 0 aromatic rings. The quantitative estimate of drug-likeness (QED) is 0.617. The Labute approximate surface area is 107 Å². The molecule has 0 spiro atoms. The molecule has 98 valence electrons. The van der Waals surface area contributed by atoms with Gasteiger partial charge in [-0.25, -0.2) is 0 Å². The molecular weight excluding hydrogens is 232 g/mol. The Morgan fingerprint density at radius 1 is 1.39 bits per heavy atom. The van der Waals surface area contributed by atoms with E-state index in [0.29, 0.717) is 43.8 Å². The predicted molar refractivity (Wildman–Crippen MR) is 66.6 cm³/mol. The fourth-order valence-corrected chi connectivity index (χ4v) is 1.99. The van der Waals surface area contributed by atoms with Crippen molar-refractivity contribution in [2.45, 2.75) is 39.5 Å². The second-order valence-corrected chi connectivity index (χ2v) is 4.82. The summed E-state index contributed by atoms with van der Waals surface area (Å²) in [5, 5.41) is 9.90. The summed E-state index contributed by atoms with van der Waals surface area (Å²) in [5.41, 5.74) is 2.18. The van der Waals surface area contributed by atoms with Gasteiger partial charge in [0, 0.05) is 12.8 Å². The summed E-state index contributed by atoms with van der Waals surface area (Å²) in [6, 6.07) is 0. The summed E-state index contributed by atoms with van der Waals surface area (Å²) in [7, 11) is 0. The van der Waals surface area contributed by atoms with E-state index in [1.807, 2.05) is 19.9 Å². The Hall–Kier alpha value is -1.71. The number of aliphatic hydroxyl groups excluding tert-OH is 1. The van der Waals surface area contributed by atoms with Gasteiger partial charge < -0.3 is 14.6 Å². The molecule has 2 aliphatic rings. The normalized spacial score (nSPS) is 19.3. The first-order valence-corrected chi connectivity index (χ1v) is 6.15. The lowest BCUT2D eigenvalue weighted by atomic mass is 9.95. The van der Waals surface area contributed by atoms with Crippen LogP contribution in [0.25, 0.3) is 0 Å². The monoisotopic (exact) mass is 250 g/mol. The van der Waals surface area contributed by atoms with E-state index in [4.69, 9.17) is 9.47 Å². The molecule has 0 aromatic heterocycles. The molecule has 1 aliphatic heterocycles. The van der Waals surface area contributed by atoms with Crippen molar-refractivity contribution in [2.75, 3.05) is 6.61 Å². The van der Waals surface area contributed by atoms with Crippen LogP contribution in [-0.2, 0) is 14.3 Å². The molecule has 1 heterocycles. The van der Waals surface area contributed by atoms with Crippen molar-refractivity contribution in [1.82, 2.24) is 0 Å². The molecular formula is C14H18O4. The lowest BCUT2D eigenvalue weighted by Gasteiger charge is -2.25. The number of rotatable bonds is 3. The number of carbonyl (C=O) groups is 1. The molecule has 0 saturated heterocycles. The smallest absolute Gasteiger partial charge is 0.311 e. The Balaban J connectivity index is 2.01. The number of allylic oxidation sites excluding steroid dienone is 2. The van der Waals surface area contributed by atoms with Gasteiger partial charge in [-0.1, -0.05) is 5.57 Å². The van der Waals surface area contributed by atoms with Gasteiger partial charge in [0.2, 0.25) is 0 Å². The van der Waals surface area contributed by atoms with Crippen LogP contribution in [0.1, 0.15) is 39.5 Å². The Kier molecular flexibility index (Phi) is 3.75. The van der Waals surface area contributed by atoms with Crippen molar-refractivity contribution in [1.29, 1.82) is 0 Å². The summed E-state index contributed by atoms with van der Waals surface area (Å²) in [6.45, 7) is 4.41. The lowest BCUT2D eigenvalue weighted by molar-refractivity contribution is -0.141. The van der Waals surface area contributed by atoms with E-state index in [2.05, 4.69) is 0 Å². The van der Waals surface area contributed by atoms with Gasteiger partial charge in [-0.2, -0.15) is 0 Å². The number of ether oxygens (including phenoxy) is 2. The van der Waals surface area contributed by atoms with Crippen LogP contribution < -0.4 is 0 Å². The average molecular weight is 250 g/mol. The lowest BCUT2D eigenvalue weighted by Crippen LogP contribution is -2.18. The third-order valence-electron chi connectivity index (χ3n) is 3.04. The van der Waals surface area contributed by atoms with Crippen molar-refractivity contribution < 1.29 is 19.4 Å². The van der Waals surface area contributed by atoms with Crippen LogP contribution in [0.15, 0.2) is 34.5 Å². The standard InChI is InChI=1S/C14H18O4/c1-9(2)5-6-17-13-8-12-10(7-11(13)15)3-4-14(16)18-12/h5,15H,3-4,6-8H2,1-2H3. The summed E-state index contributed by atoms with van der Waals surface area (Å²) in [6.07, 6.45) is 3.84. The fraction of sp³-hybridized carbons (Fsp3) is 0.500. The SMILES string of the molecule is CC(C)=CCOC1=C(O)CC2=C(C1)OC(=O)CC2. The highest BCUT2D eigenvalue weighted by Crippen LogP contribution is 2.35. The Morgan fingerprint density at radius 3 is 2.89 bits per heavy atom. The van der Waals surface area contributed by atoms with E-state index in [1.54, 1.807) is 0 Å². The van der Waals surface area contributed by atoms with Crippen molar-refractivity contribution in [2.24, 2.45) is 0 Å². The maximum atomic E-state index is 11.2. The largest absolute Gasteiger partial charge is 0.508 e. The molecule has 1 aliphatic carbocycles. The zero-order valence-electron chi connectivity index (χ0n) is 10.8. The van der Waals surface area contributed by atoms with Crippen LogP contribution in [0.3, 0.4) is 0 Å². The molecule has 0 bridgehead atoms. The van der Waals surface area contributed by atoms with Gasteiger partial charge in [0.25, 0.3) is 0 Å². The van der Waals surface area contributed by atoms with Crippen molar-refractivity contribution in [3.8, 4) is 0 Å². The highest BCUT2D eigenvalue weighted by atomic mass is 16.5.